The average molecular weight is 211 g/mol. The third kappa shape index (κ3) is 2.31. The Balaban J connectivity index is 2.44. The maximum Gasteiger partial charge on any atom is 0.0184 e. The van der Waals surface area contributed by atoms with E-state index in [4.69, 9.17) is 5.73 Å². The van der Waals surface area contributed by atoms with E-state index in [-0.39, 0.29) is 0 Å². The summed E-state index contributed by atoms with van der Waals surface area (Å²) in [7, 11) is 0. The largest absolute Gasteiger partial charge is 0.326 e. The lowest BCUT2D eigenvalue weighted by molar-refractivity contribution is 0.944. The van der Waals surface area contributed by atoms with Gasteiger partial charge in [-0.1, -0.05) is 61.6 Å². The summed E-state index contributed by atoms with van der Waals surface area (Å²) in [6, 6.07) is 8.32. The van der Waals surface area contributed by atoms with Crippen molar-refractivity contribution in [2.24, 2.45) is 11.7 Å². The minimum atomic E-state index is 0.468. The minimum absolute atomic E-state index is 0.468. The van der Waals surface area contributed by atoms with E-state index in [0.717, 1.165) is 0 Å². The first kappa shape index (κ1) is 10.9. The highest BCUT2D eigenvalue weighted by molar-refractivity contribution is 5.77. The van der Waals surface area contributed by atoms with Crippen molar-refractivity contribution in [2.45, 2.75) is 13.5 Å². The van der Waals surface area contributed by atoms with Crippen molar-refractivity contribution in [2.75, 3.05) is 0 Å². The van der Waals surface area contributed by atoms with E-state index in [1.807, 2.05) is 6.07 Å². The Morgan fingerprint density at radius 3 is 2.81 bits per heavy atom. The van der Waals surface area contributed by atoms with Crippen molar-refractivity contribution in [3.05, 3.63) is 65.8 Å². The lowest BCUT2D eigenvalue weighted by atomic mass is 9.97. The molecule has 1 aliphatic rings. The average Bonchev–Trinajstić information content (AvgIpc) is 2.54. The first-order valence-corrected chi connectivity index (χ1v) is 5.66. The lowest BCUT2D eigenvalue weighted by Gasteiger charge is -2.09. The zero-order chi connectivity index (χ0) is 11.4. The summed E-state index contributed by atoms with van der Waals surface area (Å²) < 4.78 is 0. The van der Waals surface area contributed by atoms with Crippen LogP contribution >= 0.6 is 0 Å². The summed E-state index contributed by atoms with van der Waals surface area (Å²) >= 11 is 0. The molecule has 0 amide bonds. The molecule has 1 aromatic rings. The molecular weight excluding hydrogens is 194 g/mol. The number of hydrogen-bond acceptors (Lipinski definition) is 1. The minimum Gasteiger partial charge on any atom is -0.326 e. The smallest absolute Gasteiger partial charge is 0.0184 e. The molecule has 0 spiro atoms. The van der Waals surface area contributed by atoms with Crippen LogP contribution < -0.4 is 5.73 Å². The van der Waals surface area contributed by atoms with Gasteiger partial charge in [0.05, 0.1) is 0 Å². The molecule has 2 rings (SSSR count). The van der Waals surface area contributed by atoms with Crippen LogP contribution in [-0.4, -0.2) is 0 Å². The quantitative estimate of drug-likeness (QED) is 0.798. The third-order valence-corrected chi connectivity index (χ3v) is 2.79. The molecule has 1 nitrogen and oxygen atoms in total. The topological polar surface area (TPSA) is 26.0 Å². The molecule has 0 aliphatic heterocycles. The normalized spacial score (nSPS) is 19.4. The SMILES string of the molecule is CC1C=CC=CC(c2ccccc2CN)=C1. The second-order valence-corrected chi connectivity index (χ2v) is 4.09. The fraction of sp³-hybridized carbons (Fsp3) is 0.200. The van der Waals surface area contributed by atoms with E-state index in [9.17, 15) is 0 Å². The van der Waals surface area contributed by atoms with E-state index < -0.39 is 0 Å². The highest BCUT2D eigenvalue weighted by atomic mass is 14.5. The Kier molecular flexibility index (Phi) is 3.37. The van der Waals surface area contributed by atoms with Gasteiger partial charge in [-0.2, -0.15) is 0 Å². The van der Waals surface area contributed by atoms with Gasteiger partial charge >= 0.3 is 0 Å². The molecule has 1 unspecified atom stereocenters. The molecular formula is C15H17N. The molecule has 2 N–H and O–H groups in total. The van der Waals surface area contributed by atoms with Gasteiger partial charge < -0.3 is 5.73 Å². The van der Waals surface area contributed by atoms with Crippen LogP contribution in [0, 0.1) is 5.92 Å². The summed E-state index contributed by atoms with van der Waals surface area (Å²) in [5.74, 6) is 0.468. The number of nitrogens with two attached hydrogens (primary N) is 1. The molecule has 1 heteroatoms. The zero-order valence-corrected chi connectivity index (χ0v) is 9.56. The Labute approximate surface area is 97.0 Å². The van der Waals surface area contributed by atoms with Gasteiger partial charge in [0.15, 0.2) is 0 Å². The van der Waals surface area contributed by atoms with E-state index in [1.165, 1.54) is 16.7 Å². The van der Waals surface area contributed by atoms with Gasteiger partial charge in [-0.05, 0) is 22.6 Å². The molecule has 0 heterocycles. The summed E-state index contributed by atoms with van der Waals surface area (Å²) in [6.45, 7) is 2.78. The van der Waals surface area contributed by atoms with E-state index >= 15 is 0 Å². The predicted molar refractivity (Wildman–Crippen MR) is 69.8 cm³/mol. The highest BCUT2D eigenvalue weighted by Gasteiger charge is 2.06. The van der Waals surface area contributed by atoms with Gasteiger partial charge in [-0.15, -0.1) is 0 Å². The monoisotopic (exact) mass is 211 g/mol. The van der Waals surface area contributed by atoms with Crippen LogP contribution in [-0.2, 0) is 6.54 Å². The Bertz CT molecular complexity index is 452. The van der Waals surface area contributed by atoms with Gasteiger partial charge in [0, 0.05) is 6.54 Å². The standard InChI is InChI=1S/C15H17N/c1-12-6-2-3-7-13(10-12)15-9-5-4-8-14(15)11-16/h2-10,12H,11,16H2,1H3. The fourth-order valence-corrected chi connectivity index (χ4v) is 1.95. The number of benzene rings is 1. The van der Waals surface area contributed by atoms with Crippen molar-refractivity contribution in [3.8, 4) is 0 Å². The van der Waals surface area contributed by atoms with Crippen LogP contribution in [0.3, 0.4) is 0 Å². The molecule has 0 saturated carbocycles. The van der Waals surface area contributed by atoms with Gasteiger partial charge in [0.1, 0.15) is 0 Å². The van der Waals surface area contributed by atoms with Gasteiger partial charge in [0.25, 0.3) is 0 Å². The van der Waals surface area contributed by atoms with Crippen LogP contribution in [0.4, 0.5) is 0 Å². The second kappa shape index (κ2) is 4.95. The fourth-order valence-electron chi connectivity index (χ4n) is 1.95. The molecule has 82 valence electrons. The van der Waals surface area contributed by atoms with Gasteiger partial charge in [-0.25, -0.2) is 0 Å². The molecule has 0 bridgehead atoms. The number of allylic oxidation sites excluding steroid dienone is 6. The second-order valence-electron chi connectivity index (χ2n) is 4.09. The van der Waals surface area contributed by atoms with E-state index in [1.54, 1.807) is 0 Å². The molecule has 16 heavy (non-hydrogen) atoms. The Morgan fingerprint density at radius 1 is 1.19 bits per heavy atom. The maximum absolute atomic E-state index is 5.76. The summed E-state index contributed by atoms with van der Waals surface area (Å²) in [5, 5.41) is 0. The summed E-state index contributed by atoms with van der Waals surface area (Å²) in [5.41, 5.74) is 9.48. The van der Waals surface area contributed by atoms with Gasteiger partial charge in [-0.3, -0.25) is 0 Å². The van der Waals surface area contributed by atoms with Crippen molar-refractivity contribution < 1.29 is 0 Å². The molecule has 1 atom stereocenters. The van der Waals surface area contributed by atoms with Crippen molar-refractivity contribution >= 4 is 5.57 Å². The van der Waals surface area contributed by atoms with Crippen LogP contribution in [0.5, 0.6) is 0 Å². The first-order valence-electron chi connectivity index (χ1n) is 5.66. The molecule has 0 radical (unpaired) electrons. The van der Waals surface area contributed by atoms with Crippen LogP contribution in [0.15, 0.2) is 54.6 Å². The molecule has 0 saturated heterocycles. The highest BCUT2D eigenvalue weighted by Crippen LogP contribution is 2.24. The number of hydrogen-bond donors (Lipinski definition) is 1. The molecule has 0 aromatic heterocycles. The maximum atomic E-state index is 5.76. The van der Waals surface area contributed by atoms with Crippen molar-refractivity contribution in [3.63, 3.8) is 0 Å². The predicted octanol–water partition coefficient (Wildman–Crippen LogP) is 3.29. The summed E-state index contributed by atoms with van der Waals surface area (Å²) in [4.78, 5) is 0. The molecule has 1 aliphatic carbocycles. The summed E-state index contributed by atoms with van der Waals surface area (Å²) in [6.07, 6.45) is 10.8. The Morgan fingerprint density at radius 2 is 2.00 bits per heavy atom. The lowest BCUT2D eigenvalue weighted by Crippen LogP contribution is -2.00. The van der Waals surface area contributed by atoms with Crippen LogP contribution in [0.2, 0.25) is 0 Å². The van der Waals surface area contributed by atoms with Gasteiger partial charge in [0.2, 0.25) is 0 Å². The van der Waals surface area contributed by atoms with Crippen molar-refractivity contribution in [1.82, 2.24) is 0 Å². The van der Waals surface area contributed by atoms with E-state index in [2.05, 4.69) is 55.5 Å². The van der Waals surface area contributed by atoms with Crippen molar-refractivity contribution in [1.29, 1.82) is 0 Å². The van der Waals surface area contributed by atoms with Crippen LogP contribution in [0.1, 0.15) is 18.1 Å². The van der Waals surface area contributed by atoms with Crippen LogP contribution in [0.25, 0.3) is 5.57 Å². The Hall–Kier alpha value is -1.60. The number of rotatable bonds is 2. The van der Waals surface area contributed by atoms with E-state index in [0.29, 0.717) is 12.5 Å². The first-order chi connectivity index (χ1) is 7.81. The molecule has 1 aromatic carbocycles. The third-order valence-electron chi connectivity index (χ3n) is 2.79. The zero-order valence-electron chi connectivity index (χ0n) is 9.56. The molecule has 0 fully saturated rings.